The molecule has 5 heteroatoms. The van der Waals surface area contributed by atoms with Crippen molar-refractivity contribution in [1.29, 1.82) is 0 Å². The van der Waals surface area contributed by atoms with Gasteiger partial charge in [0.25, 0.3) is 0 Å². The molecule has 0 saturated heterocycles. The van der Waals surface area contributed by atoms with E-state index in [1.165, 1.54) is 0 Å². The molecule has 0 bridgehead atoms. The maximum atomic E-state index is 5.23. The van der Waals surface area contributed by atoms with Gasteiger partial charge in [-0.2, -0.15) is 0 Å². The molecule has 0 aliphatic heterocycles. The summed E-state index contributed by atoms with van der Waals surface area (Å²) < 4.78 is 7.29. The van der Waals surface area contributed by atoms with Crippen LogP contribution in [0.25, 0.3) is 22.0 Å². The molecule has 1 aromatic carbocycles. The molecule has 0 saturated carbocycles. The highest BCUT2D eigenvalue weighted by Crippen LogP contribution is 2.33. The second-order valence-corrected chi connectivity index (χ2v) is 5.32. The number of thiazole rings is 1. The number of rotatable bonds is 4. The molecule has 0 aliphatic rings. The lowest BCUT2D eigenvalue weighted by Gasteiger charge is -2.04. The van der Waals surface area contributed by atoms with E-state index in [2.05, 4.69) is 21.7 Å². The van der Waals surface area contributed by atoms with Gasteiger partial charge in [-0.1, -0.05) is 30.3 Å². The molecule has 2 heterocycles. The van der Waals surface area contributed by atoms with Crippen LogP contribution in [-0.2, 0) is 18.4 Å². The molecule has 4 nitrogen and oxygen atoms in total. The van der Waals surface area contributed by atoms with Crippen molar-refractivity contribution in [2.24, 2.45) is 7.05 Å². The molecular formula is C15H15N3OS. The van der Waals surface area contributed by atoms with E-state index in [1.54, 1.807) is 18.4 Å². The van der Waals surface area contributed by atoms with Gasteiger partial charge in [-0.25, -0.2) is 9.97 Å². The van der Waals surface area contributed by atoms with Gasteiger partial charge in [0, 0.05) is 31.3 Å². The van der Waals surface area contributed by atoms with E-state index in [0.29, 0.717) is 6.61 Å². The van der Waals surface area contributed by atoms with E-state index in [4.69, 9.17) is 9.72 Å². The summed E-state index contributed by atoms with van der Waals surface area (Å²) in [6.45, 7) is 0.488. The van der Waals surface area contributed by atoms with E-state index in [1.807, 2.05) is 36.8 Å². The molecule has 0 aliphatic carbocycles. The molecule has 0 N–H and O–H groups in total. The Balaban J connectivity index is 2.20. The van der Waals surface area contributed by atoms with Gasteiger partial charge in [0.15, 0.2) is 0 Å². The van der Waals surface area contributed by atoms with Crippen LogP contribution in [0.3, 0.4) is 0 Å². The fraction of sp³-hybridized carbons (Fsp3) is 0.200. The van der Waals surface area contributed by atoms with E-state index < -0.39 is 0 Å². The second kappa shape index (κ2) is 5.56. The van der Waals surface area contributed by atoms with Gasteiger partial charge in [0.1, 0.15) is 23.1 Å². The van der Waals surface area contributed by atoms with Gasteiger partial charge in [-0.15, -0.1) is 11.3 Å². The maximum absolute atomic E-state index is 5.23. The summed E-state index contributed by atoms with van der Waals surface area (Å²) in [7, 11) is 3.68. The average Bonchev–Trinajstić information content (AvgIpc) is 3.09. The molecular weight excluding hydrogens is 270 g/mol. The molecule has 3 aromatic rings. The Kier molecular flexibility index (Phi) is 3.62. The highest BCUT2D eigenvalue weighted by molar-refractivity contribution is 7.13. The van der Waals surface area contributed by atoms with Crippen molar-refractivity contribution in [3.8, 4) is 22.0 Å². The lowest BCUT2D eigenvalue weighted by Crippen LogP contribution is -2.00. The molecule has 2 aromatic heterocycles. The minimum absolute atomic E-state index is 0.488. The van der Waals surface area contributed by atoms with Gasteiger partial charge in [-0.3, -0.25) is 0 Å². The SMILES string of the molecule is COCc1nc(-c2ccccc2)c(-c2nccs2)n1C. The first kappa shape index (κ1) is 13.0. The average molecular weight is 285 g/mol. The summed E-state index contributed by atoms with van der Waals surface area (Å²) in [6.07, 6.45) is 1.82. The summed E-state index contributed by atoms with van der Waals surface area (Å²) in [5, 5.41) is 2.95. The van der Waals surface area contributed by atoms with Gasteiger partial charge >= 0.3 is 0 Å². The minimum atomic E-state index is 0.488. The molecule has 20 heavy (non-hydrogen) atoms. The predicted molar refractivity (Wildman–Crippen MR) is 80.5 cm³/mol. The number of imidazole rings is 1. The predicted octanol–water partition coefficient (Wildman–Crippen LogP) is 3.36. The number of hydrogen-bond donors (Lipinski definition) is 0. The van der Waals surface area contributed by atoms with Crippen LogP contribution in [-0.4, -0.2) is 21.6 Å². The summed E-state index contributed by atoms with van der Waals surface area (Å²) in [6, 6.07) is 10.2. The zero-order valence-electron chi connectivity index (χ0n) is 11.4. The van der Waals surface area contributed by atoms with E-state index >= 15 is 0 Å². The third-order valence-electron chi connectivity index (χ3n) is 3.14. The van der Waals surface area contributed by atoms with E-state index in [-0.39, 0.29) is 0 Å². The van der Waals surface area contributed by atoms with Crippen molar-refractivity contribution in [2.75, 3.05) is 7.11 Å². The van der Waals surface area contributed by atoms with Crippen molar-refractivity contribution in [2.45, 2.75) is 6.61 Å². The number of hydrogen-bond acceptors (Lipinski definition) is 4. The Morgan fingerprint density at radius 1 is 1.25 bits per heavy atom. The first-order valence-corrected chi connectivity index (χ1v) is 7.19. The molecule has 0 radical (unpaired) electrons. The van der Waals surface area contributed by atoms with Crippen molar-refractivity contribution in [1.82, 2.24) is 14.5 Å². The smallest absolute Gasteiger partial charge is 0.142 e. The first-order valence-electron chi connectivity index (χ1n) is 6.31. The van der Waals surface area contributed by atoms with Crippen LogP contribution in [0, 0.1) is 0 Å². The van der Waals surface area contributed by atoms with Gasteiger partial charge in [0.05, 0.1) is 5.69 Å². The molecule has 0 fully saturated rings. The zero-order valence-corrected chi connectivity index (χ0v) is 12.2. The normalized spacial score (nSPS) is 10.9. The lowest BCUT2D eigenvalue weighted by molar-refractivity contribution is 0.175. The number of nitrogens with zero attached hydrogens (tertiary/aromatic N) is 3. The summed E-state index contributed by atoms with van der Waals surface area (Å²) in [5.74, 6) is 0.900. The van der Waals surface area contributed by atoms with Crippen LogP contribution in [0.4, 0.5) is 0 Å². The van der Waals surface area contributed by atoms with Crippen LogP contribution < -0.4 is 0 Å². The lowest BCUT2D eigenvalue weighted by atomic mass is 10.1. The first-order chi connectivity index (χ1) is 9.81. The van der Waals surface area contributed by atoms with Crippen molar-refractivity contribution < 1.29 is 4.74 Å². The molecule has 0 unspecified atom stereocenters. The summed E-state index contributed by atoms with van der Waals surface area (Å²) >= 11 is 1.62. The third kappa shape index (κ3) is 2.26. The largest absolute Gasteiger partial charge is 0.377 e. The quantitative estimate of drug-likeness (QED) is 0.738. The van der Waals surface area contributed by atoms with Gasteiger partial charge in [0.2, 0.25) is 0 Å². The molecule has 0 atom stereocenters. The fourth-order valence-corrected chi connectivity index (χ4v) is 2.90. The number of benzene rings is 1. The Morgan fingerprint density at radius 3 is 2.70 bits per heavy atom. The molecule has 102 valence electrons. The highest BCUT2D eigenvalue weighted by atomic mass is 32.1. The van der Waals surface area contributed by atoms with E-state index in [0.717, 1.165) is 27.8 Å². The topological polar surface area (TPSA) is 39.9 Å². The number of ether oxygens (including phenoxy) is 1. The molecule has 0 spiro atoms. The monoisotopic (exact) mass is 285 g/mol. The van der Waals surface area contributed by atoms with Crippen LogP contribution in [0.5, 0.6) is 0 Å². The Morgan fingerprint density at radius 2 is 2.05 bits per heavy atom. The second-order valence-electron chi connectivity index (χ2n) is 4.42. The summed E-state index contributed by atoms with van der Waals surface area (Å²) in [4.78, 5) is 9.15. The summed E-state index contributed by atoms with van der Waals surface area (Å²) in [5.41, 5.74) is 3.09. The van der Waals surface area contributed by atoms with Crippen LogP contribution in [0.2, 0.25) is 0 Å². The third-order valence-corrected chi connectivity index (χ3v) is 3.92. The van der Waals surface area contributed by atoms with Crippen molar-refractivity contribution >= 4 is 11.3 Å². The van der Waals surface area contributed by atoms with Crippen LogP contribution in [0.15, 0.2) is 41.9 Å². The van der Waals surface area contributed by atoms with Gasteiger partial charge in [-0.05, 0) is 0 Å². The van der Waals surface area contributed by atoms with Gasteiger partial charge < -0.3 is 9.30 Å². The maximum Gasteiger partial charge on any atom is 0.142 e. The number of aromatic nitrogens is 3. The Labute approximate surface area is 121 Å². The Hall–Kier alpha value is -1.98. The van der Waals surface area contributed by atoms with Crippen molar-refractivity contribution in [3.63, 3.8) is 0 Å². The van der Waals surface area contributed by atoms with Crippen LogP contribution >= 0.6 is 11.3 Å². The number of methoxy groups -OCH3 is 1. The van der Waals surface area contributed by atoms with Crippen molar-refractivity contribution in [3.05, 3.63) is 47.7 Å². The minimum Gasteiger partial charge on any atom is -0.377 e. The zero-order chi connectivity index (χ0) is 13.9. The standard InChI is InChI=1S/C15H15N3OS/c1-18-12(10-19-2)17-13(11-6-4-3-5-7-11)14(18)15-16-8-9-20-15/h3-9H,10H2,1-2H3. The highest BCUT2D eigenvalue weighted by Gasteiger charge is 2.19. The van der Waals surface area contributed by atoms with E-state index in [9.17, 15) is 0 Å². The fourth-order valence-electron chi connectivity index (χ4n) is 2.19. The molecule has 3 rings (SSSR count). The van der Waals surface area contributed by atoms with Crippen LogP contribution in [0.1, 0.15) is 5.82 Å². The Bertz CT molecular complexity index is 689. The molecule has 0 amide bonds.